The van der Waals surface area contributed by atoms with Crippen LogP contribution in [-0.2, 0) is 0 Å². The van der Waals surface area contributed by atoms with Crippen molar-refractivity contribution in [1.29, 1.82) is 0 Å². The fraction of sp³-hybridized carbons (Fsp3) is 0.250. The molecule has 0 atom stereocenters. The van der Waals surface area contributed by atoms with Crippen molar-refractivity contribution >= 4 is 32.7 Å². The van der Waals surface area contributed by atoms with E-state index < -0.39 is 0 Å². The van der Waals surface area contributed by atoms with Gasteiger partial charge in [0.1, 0.15) is 5.17 Å². The van der Waals surface area contributed by atoms with Gasteiger partial charge in [0, 0.05) is 0 Å². The molecule has 0 rings (SSSR count). The van der Waals surface area contributed by atoms with Crippen LogP contribution in [0.1, 0.15) is 6.92 Å². The van der Waals surface area contributed by atoms with Crippen molar-refractivity contribution in [3.8, 4) is 0 Å². The molecule has 0 amide bonds. The Hall–Kier alpha value is 0.180. The number of nitrogens with zero attached hydrogens (tertiary/aromatic N) is 1. The molecule has 0 saturated heterocycles. The molecule has 0 spiro atoms. The topological polar surface area (TPSA) is 12.4 Å². The van der Waals surface area contributed by atoms with E-state index in [0.717, 1.165) is 0 Å². The summed E-state index contributed by atoms with van der Waals surface area (Å²) in [6.07, 6.45) is 0. The summed E-state index contributed by atoms with van der Waals surface area (Å²) in [5.74, 6) is 0. The van der Waals surface area contributed by atoms with Crippen molar-refractivity contribution in [3.63, 3.8) is 0 Å². The summed E-state index contributed by atoms with van der Waals surface area (Å²) in [6.45, 7) is 5.13. The molecule has 0 aromatic heterocycles. The Kier molecular flexibility index (Phi) is 3.30. The summed E-state index contributed by atoms with van der Waals surface area (Å²) in [5.41, 5.74) is 0. The average molecular weight is 182 g/mol. The van der Waals surface area contributed by atoms with Gasteiger partial charge in [-0.1, -0.05) is 18.2 Å². The molecule has 0 fully saturated rings. The highest BCUT2D eigenvalue weighted by Crippen LogP contribution is 2.02. The maximum Gasteiger partial charge on any atom is 0.104 e. The predicted molar refractivity (Wildman–Crippen MR) is 37.0 cm³/mol. The van der Waals surface area contributed by atoms with Crippen molar-refractivity contribution < 1.29 is 0 Å². The molecule has 0 aliphatic carbocycles. The first kappa shape index (κ1) is 7.18. The van der Waals surface area contributed by atoms with Gasteiger partial charge in [-0.2, -0.15) is 0 Å². The van der Waals surface area contributed by atoms with Crippen LogP contribution in [0, 0.1) is 0 Å². The summed E-state index contributed by atoms with van der Waals surface area (Å²) in [7, 11) is 0. The second-order valence-corrected chi connectivity index (χ2v) is 2.45. The molecule has 7 heavy (non-hydrogen) atoms. The lowest BCUT2D eigenvalue weighted by Crippen LogP contribution is -1.71. The van der Waals surface area contributed by atoms with Gasteiger partial charge in [-0.3, -0.25) is 0 Å². The van der Waals surface area contributed by atoms with Crippen LogP contribution in [0.15, 0.2) is 16.2 Å². The van der Waals surface area contributed by atoms with E-state index in [9.17, 15) is 0 Å². The summed E-state index contributed by atoms with van der Waals surface area (Å²) in [6, 6.07) is 0. The Labute approximate surface area is 56.2 Å². The largest absolute Gasteiger partial charge is 0.235 e. The molecule has 0 aliphatic heterocycles. The molecular weight excluding hydrogens is 177 g/mol. The van der Waals surface area contributed by atoms with Gasteiger partial charge in [0.05, 0.1) is 4.61 Å². The lowest BCUT2D eigenvalue weighted by Gasteiger charge is -1.81. The summed E-state index contributed by atoms with van der Waals surface area (Å²) in [4.78, 5) is 3.68. The quantitative estimate of drug-likeness (QED) is 0.436. The predicted octanol–water partition coefficient (Wildman–Crippen LogP) is 2.51. The van der Waals surface area contributed by atoms with Gasteiger partial charge in [0.15, 0.2) is 0 Å². The highest BCUT2D eigenvalue weighted by Gasteiger charge is 1.79. The molecule has 3 heteroatoms. The van der Waals surface area contributed by atoms with Crippen LogP contribution in [0.5, 0.6) is 0 Å². The van der Waals surface area contributed by atoms with Crippen molar-refractivity contribution in [2.24, 2.45) is 4.99 Å². The molecule has 0 heterocycles. The molecule has 0 N–H and O–H groups in total. The normalized spacial score (nSPS) is 11.6. The van der Waals surface area contributed by atoms with Crippen LogP contribution in [0.2, 0.25) is 0 Å². The van der Waals surface area contributed by atoms with Crippen LogP contribution in [0.4, 0.5) is 0 Å². The van der Waals surface area contributed by atoms with Crippen LogP contribution in [0.3, 0.4) is 0 Å². The van der Waals surface area contributed by atoms with Crippen LogP contribution in [-0.4, -0.2) is 5.17 Å². The third-order valence-electron chi connectivity index (χ3n) is 0.275. The summed E-state index contributed by atoms with van der Waals surface area (Å²) >= 11 is 8.34. The number of halogens is 2. The van der Waals surface area contributed by atoms with Gasteiger partial charge < -0.3 is 0 Å². The second kappa shape index (κ2) is 3.22. The van der Waals surface area contributed by atoms with Crippen molar-refractivity contribution in [2.75, 3.05) is 0 Å². The number of rotatable bonds is 1. The van der Waals surface area contributed by atoms with Gasteiger partial charge in [0.25, 0.3) is 0 Å². The summed E-state index contributed by atoms with van der Waals surface area (Å²) < 4.78 is 0.556. The minimum atomic E-state index is 0.488. The maximum atomic E-state index is 5.33. The van der Waals surface area contributed by atoms with Gasteiger partial charge in [-0.25, -0.2) is 4.99 Å². The molecule has 0 saturated carbocycles. The molecule has 0 aromatic rings. The minimum absolute atomic E-state index is 0.488. The Morgan fingerprint density at radius 2 is 2.29 bits per heavy atom. The highest BCUT2D eigenvalue weighted by molar-refractivity contribution is 9.11. The molecule has 0 bridgehead atoms. The van der Waals surface area contributed by atoms with E-state index >= 15 is 0 Å². The molecular formula is C4H5BrClN. The lowest BCUT2D eigenvalue weighted by atomic mass is 10.8. The first-order valence-electron chi connectivity index (χ1n) is 1.68. The Morgan fingerprint density at radius 1 is 1.86 bits per heavy atom. The van der Waals surface area contributed by atoms with Crippen LogP contribution in [0.25, 0.3) is 0 Å². The molecule has 0 aliphatic rings. The van der Waals surface area contributed by atoms with E-state index in [1.807, 2.05) is 0 Å². The third kappa shape index (κ3) is 6.18. The van der Waals surface area contributed by atoms with Crippen LogP contribution < -0.4 is 0 Å². The Bertz CT molecular complexity index is 104. The number of hydrogen-bond donors (Lipinski definition) is 0. The fourth-order valence-corrected chi connectivity index (χ4v) is 0.637. The van der Waals surface area contributed by atoms with Gasteiger partial charge in [-0.15, -0.1) is 0 Å². The van der Waals surface area contributed by atoms with Crippen molar-refractivity contribution in [3.05, 3.63) is 11.2 Å². The van der Waals surface area contributed by atoms with Gasteiger partial charge in [0.2, 0.25) is 0 Å². The average Bonchev–Trinajstić information content (AvgIpc) is 1.27. The summed E-state index contributed by atoms with van der Waals surface area (Å²) in [5, 5.41) is 0.488. The zero-order chi connectivity index (χ0) is 5.86. The Balaban J connectivity index is 3.68. The standard InChI is InChI=1S/C4H5BrClN/c1-3(5)7-4(2)6/h1H2,2H3/b7-4+. The molecule has 0 aromatic carbocycles. The van der Waals surface area contributed by atoms with Gasteiger partial charge >= 0.3 is 0 Å². The zero-order valence-corrected chi connectivity index (χ0v) is 6.25. The van der Waals surface area contributed by atoms with E-state index in [2.05, 4.69) is 27.5 Å². The van der Waals surface area contributed by atoms with Crippen molar-refractivity contribution in [2.45, 2.75) is 6.92 Å². The molecule has 1 nitrogen and oxygen atoms in total. The fourth-order valence-electron chi connectivity index (χ4n) is 0.167. The smallest absolute Gasteiger partial charge is 0.104 e. The third-order valence-corrected chi connectivity index (χ3v) is 0.537. The van der Waals surface area contributed by atoms with Crippen molar-refractivity contribution in [1.82, 2.24) is 0 Å². The van der Waals surface area contributed by atoms with Gasteiger partial charge in [-0.05, 0) is 22.9 Å². The zero-order valence-electron chi connectivity index (χ0n) is 3.91. The van der Waals surface area contributed by atoms with E-state index in [1.54, 1.807) is 6.92 Å². The first-order chi connectivity index (χ1) is 3.13. The second-order valence-electron chi connectivity index (χ2n) is 0.985. The number of hydrogen-bond acceptors (Lipinski definition) is 1. The van der Waals surface area contributed by atoms with Crippen LogP contribution >= 0.6 is 27.5 Å². The SMILES string of the molecule is C=C(Br)/N=C(\C)Cl. The number of aliphatic imine (C=N–C) groups is 1. The van der Waals surface area contributed by atoms with E-state index in [4.69, 9.17) is 11.6 Å². The van der Waals surface area contributed by atoms with E-state index in [0.29, 0.717) is 9.78 Å². The highest BCUT2D eigenvalue weighted by atomic mass is 79.9. The Morgan fingerprint density at radius 3 is 2.29 bits per heavy atom. The minimum Gasteiger partial charge on any atom is -0.235 e. The molecule has 0 radical (unpaired) electrons. The molecule has 40 valence electrons. The van der Waals surface area contributed by atoms with E-state index in [1.165, 1.54) is 0 Å². The molecule has 0 unspecified atom stereocenters. The first-order valence-corrected chi connectivity index (χ1v) is 2.85. The maximum absolute atomic E-state index is 5.33. The van der Waals surface area contributed by atoms with E-state index in [-0.39, 0.29) is 0 Å². The lowest BCUT2D eigenvalue weighted by molar-refractivity contribution is 1.56. The monoisotopic (exact) mass is 181 g/mol.